The Kier molecular flexibility index (Phi) is 5.17. The van der Waals surface area contributed by atoms with Crippen molar-refractivity contribution in [3.63, 3.8) is 0 Å². The summed E-state index contributed by atoms with van der Waals surface area (Å²) in [5.74, 6) is -1.000. The van der Waals surface area contributed by atoms with Gasteiger partial charge in [-0.25, -0.2) is 4.39 Å². The number of amides is 1. The second-order valence-corrected chi connectivity index (χ2v) is 6.01. The summed E-state index contributed by atoms with van der Waals surface area (Å²) >= 11 is 0. The molecule has 3 rings (SSSR count). The van der Waals surface area contributed by atoms with Crippen LogP contribution < -0.4 is 5.32 Å². The van der Waals surface area contributed by atoms with Gasteiger partial charge in [-0.15, -0.1) is 0 Å². The van der Waals surface area contributed by atoms with Gasteiger partial charge in [0.1, 0.15) is 5.82 Å². The van der Waals surface area contributed by atoms with Crippen molar-refractivity contribution in [1.82, 2.24) is 15.2 Å². The molecule has 6 heteroatoms. The van der Waals surface area contributed by atoms with E-state index in [0.717, 1.165) is 31.8 Å². The van der Waals surface area contributed by atoms with Crippen LogP contribution in [0.2, 0.25) is 0 Å². The predicted molar refractivity (Wildman–Crippen MR) is 88.0 cm³/mol. The minimum absolute atomic E-state index is 0.119. The highest BCUT2D eigenvalue weighted by atomic mass is 19.1. The molecule has 0 radical (unpaired) electrons. The normalized spacial score (nSPS) is 15.6. The molecule has 24 heavy (non-hydrogen) atoms. The van der Waals surface area contributed by atoms with Crippen molar-refractivity contribution in [2.45, 2.75) is 19.1 Å². The zero-order chi connectivity index (χ0) is 16.9. The fourth-order valence-corrected chi connectivity index (χ4v) is 2.92. The number of halogens is 1. The smallest absolute Gasteiger partial charge is 0.253 e. The summed E-state index contributed by atoms with van der Waals surface area (Å²) in [6, 6.07) is 9.42. The molecule has 1 aromatic heterocycles. The number of carbonyl (C=O) groups is 1. The Hall–Kier alpha value is -2.31. The van der Waals surface area contributed by atoms with Crippen molar-refractivity contribution >= 4 is 5.91 Å². The number of pyridine rings is 1. The standard InChI is InChI=1S/C18H20FN3O2/c19-16-7-15(8-20-9-16)18(24)21-10-17(23)12-22-6-5-13-3-1-2-4-14(13)11-22/h1-4,7-9,17,23H,5-6,10-12H2,(H,21,24). The average molecular weight is 329 g/mol. The van der Waals surface area contributed by atoms with Gasteiger partial charge in [0, 0.05) is 32.4 Å². The summed E-state index contributed by atoms with van der Waals surface area (Å²) < 4.78 is 13.1. The first-order valence-corrected chi connectivity index (χ1v) is 7.98. The van der Waals surface area contributed by atoms with E-state index in [2.05, 4.69) is 27.3 Å². The van der Waals surface area contributed by atoms with Gasteiger partial charge in [0.05, 0.1) is 17.9 Å². The van der Waals surface area contributed by atoms with E-state index in [9.17, 15) is 14.3 Å². The van der Waals surface area contributed by atoms with Crippen LogP contribution in [0.25, 0.3) is 0 Å². The fourth-order valence-electron chi connectivity index (χ4n) is 2.92. The molecule has 1 atom stereocenters. The van der Waals surface area contributed by atoms with Crippen molar-refractivity contribution in [2.75, 3.05) is 19.6 Å². The van der Waals surface area contributed by atoms with Crippen LogP contribution >= 0.6 is 0 Å². The lowest BCUT2D eigenvalue weighted by atomic mass is 10.00. The monoisotopic (exact) mass is 329 g/mol. The number of hydrogen-bond donors (Lipinski definition) is 2. The Morgan fingerprint density at radius 2 is 2.12 bits per heavy atom. The van der Waals surface area contributed by atoms with E-state index in [1.54, 1.807) is 0 Å². The Morgan fingerprint density at radius 1 is 1.33 bits per heavy atom. The van der Waals surface area contributed by atoms with Crippen LogP contribution in [0.1, 0.15) is 21.5 Å². The molecule has 1 aromatic carbocycles. The van der Waals surface area contributed by atoms with Gasteiger partial charge in [-0.1, -0.05) is 24.3 Å². The second-order valence-electron chi connectivity index (χ2n) is 6.01. The molecule has 0 bridgehead atoms. The largest absolute Gasteiger partial charge is 0.390 e. The van der Waals surface area contributed by atoms with E-state index in [-0.39, 0.29) is 12.1 Å². The van der Waals surface area contributed by atoms with E-state index in [1.165, 1.54) is 17.3 Å². The third kappa shape index (κ3) is 4.15. The van der Waals surface area contributed by atoms with Gasteiger partial charge in [0.15, 0.2) is 0 Å². The average Bonchev–Trinajstić information content (AvgIpc) is 2.59. The van der Waals surface area contributed by atoms with Gasteiger partial charge >= 0.3 is 0 Å². The van der Waals surface area contributed by atoms with Crippen molar-refractivity contribution in [3.8, 4) is 0 Å². The molecule has 1 aliphatic rings. The maximum Gasteiger partial charge on any atom is 0.253 e. The molecule has 126 valence electrons. The lowest BCUT2D eigenvalue weighted by Crippen LogP contribution is -2.42. The predicted octanol–water partition coefficient (Wildman–Crippen LogP) is 1.37. The number of β-amino-alcohol motifs (C(OH)–C–C–N with tert-alkyl or cyclic N) is 1. The summed E-state index contributed by atoms with van der Waals surface area (Å²) in [6.45, 7) is 2.29. The summed E-state index contributed by atoms with van der Waals surface area (Å²) in [7, 11) is 0. The van der Waals surface area contributed by atoms with E-state index in [4.69, 9.17) is 0 Å². The van der Waals surface area contributed by atoms with Crippen LogP contribution in [0, 0.1) is 5.82 Å². The zero-order valence-corrected chi connectivity index (χ0v) is 13.3. The number of aromatic nitrogens is 1. The first kappa shape index (κ1) is 16.5. The molecular formula is C18H20FN3O2. The first-order chi connectivity index (χ1) is 11.6. The molecule has 1 unspecified atom stereocenters. The van der Waals surface area contributed by atoms with Crippen LogP contribution in [0.15, 0.2) is 42.7 Å². The molecule has 1 aliphatic heterocycles. The first-order valence-electron chi connectivity index (χ1n) is 7.98. The number of nitrogens with zero attached hydrogens (tertiary/aromatic N) is 2. The van der Waals surface area contributed by atoms with Crippen molar-refractivity contribution < 1.29 is 14.3 Å². The Morgan fingerprint density at radius 3 is 2.92 bits per heavy atom. The van der Waals surface area contributed by atoms with Crippen LogP contribution in [-0.4, -0.2) is 46.6 Å². The number of hydrogen-bond acceptors (Lipinski definition) is 4. The summed E-state index contributed by atoms with van der Waals surface area (Å²) in [6.07, 6.45) is 2.62. The lowest BCUT2D eigenvalue weighted by molar-refractivity contribution is 0.0841. The van der Waals surface area contributed by atoms with E-state index >= 15 is 0 Å². The molecule has 0 fully saturated rings. The van der Waals surface area contributed by atoms with Crippen molar-refractivity contribution in [1.29, 1.82) is 0 Å². The quantitative estimate of drug-likeness (QED) is 0.870. The molecule has 5 nitrogen and oxygen atoms in total. The number of carbonyl (C=O) groups excluding carboxylic acids is 1. The van der Waals surface area contributed by atoms with Crippen LogP contribution in [0.3, 0.4) is 0 Å². The number of nitrogens with one attached hydrogen (secondary N) is 1. The van der Waals surface area contributed by atoms with Gasteiger partial charge in [-0.3, -0.25) is 14.7 Å². The van der Waals surface area contributed by atoms with Crippen LogP contribution in [0.4, 0.5) is 4.39 Å². The minimum atomic E-state index is -0.680. The Labute approximate surface area is 140 Å². The lowest BCUT2D eigenvalue weighted by Gasteiger charge is -2.30. The highest BCUT2D eigenvalue weighted by Gasteiger charge is 2.19. The van der Waals surface area contributed by atoms with E-state index < -0.39 is 17.8 Å². The molecule has 0 aliphatic carbocycles. The number of aliphatic hydroxyl groups excluding tert-OH is 1. The third-order valence-corrected chi connectivity index (χ3v) is 4.14. The molecule has 0 saturated heterocycles. The molecule has 2 N–H and O–H groups in total. The number of fused-ring (bicyclic) bond motifs is 1. The maximum absolute atomic E-state index is 13.1. The summed E-state index contributed by atoms with van der Waals surface area (Å²) in [4.78, 5) is 17.7. The Balaban J connectivity index is 1.48. The minimum Gasteiger partial charge on any atom is -0.390 e. The molecular weight excluding hydrogens is 309 g/mol. The van der Waals surface area contributed by atoms with Gasteiger partial charge < -0.3 is 10.4 Å². The van der Waals surface area contributed by atoms with Crippen LogP contribution in [0.5, 0.6) is 0 Å². The molecule has 2 aromatic rings. The molecule has 0 spiro atoms. The van der Waals surface area contributed by atoms with Crippen molar-refractivity contribution in [3.05, 3.63) is 65.2 Å². The van der Waals surface area contributed by atoms with Crippen molar-refractivity contribution in [2.24, 2.45) is 0 Å². The number of benzene rings is 1. The van der Waals surface area contributed by atoms with E-state index in [0.29, 0.717) is 6.54 Å². The Bertz CT molecular complexity index is 723. The topological polar surface area (TPSA) is 65.5 Å². The fraction of sp³-hybridized carbons (Fsp3) is 0.333. The summed E-state index contributed by atoms with van der Waals surface area (Å²) in [5, 5.41) is 12.8. The number of rotatable bonds is 5. The second kappa shape index (κ2) is 7.51. The summed E-state index contributed by atoms with van der Waals surface area (Å²) in [5.41, 5.74) is 2.79. The maximum atomic E-state index is 13.1. The highest BCUT2D eigenvalue weighted by molar-refractivity contribution is 5.93. The zero-order valence-electron chi connectivity index (χ0n) is 13.3. The molecule has 1 amide bonds. The third-order valence-electron chi connectivity index (χ3n) is 4.14. The molecule has 2 heterocycles. The van der Waals surface area contributed by atoms with Gasteiger partial charge in [-0.2, -0.15) is 0 Å². The SMILES string of the molecule is O=C(NCC(O)CN1CCc2ccccc2C1)c1cncc(F)c1. The van der Waals surface area contributed by atoms with E-state index in [1.807, 2.05) is 12.1 Å². The highest BCUT2D eigenvalue weighted by Crippen LogP contribution is 2.18. The van der Waals surface area contributed by atoms with Gasteiger partial charge in [-0.05, 0) is 23.6 Å². The van der Waals surface area contributed by atoms with Crippen LogP contribution in [-0.2, 0) is 13.0 Å². The van der Waals surface area contributed by atoms with Gasteiger partial charge in [0.2, 0.25) is 0 Å². The number of aliphatic hydroxyl groups is 1. The van der Waals surface area contributed by atoms with Gasteiger partial charge in [0.25, 0.3) is 5.91 Å². The molecule has 0 saturated carbocycles.